The van der Waals surface area contributed by atoms with E-state index in [1.165, 1.54) is 19.5 Å². The second-order valence-corrected chi connectivity index (χ2v) is 7.60. The molecule has 6 heteroatoms. The number of likely N-dealkylation sites (tertiary alicyclic amines) is 1. The minimum atomic E-state index is 0.296. The van der Waals surface area contributed by atoms with Gasteiger partial charge in [0.15, 0.2) is 5.96 Å². The normalized spacial score (nSPS) is 28.3. The van der Waals surface area contributed by atoms with E-state index in [9.17, 15) is 0 Å². The molecule has 0 bridgehead atoms. The Morgan fingerprint density at radius 1 is 1.24 bits per heavy atom. The Labute approximate surface area is 153 Å². The van der Waals surface area contributed by atoms with Crippen LogP contribution in [0.2, 0.25) is 0 Å². The molecule has 3 unspecified atom stereocenters. The van der Waals surface area contributed by atoms with Gasteiger partial charge in [0.25, 0.3) is 0 Å². The lowest BCUT2D eigenvalue weighted by Crippen LogP contribution is -2.45. The molecule has 2 aliphatic rings. The molecule has 0 spiro atoms. The molecule has 0 amide bonds. The van der Waals surface area contributed by atoms with E-state index < -0.39 is 0 Å². The third kappa shape index (κ3) is 8.38. The number of piperidine rings is 1. The highest BCUT2D eigenvalue weighted by molar-refractivity contribution is 5.79. The fourth-order valence-electron chi connectivity index (χ4n) is 3.80. The summed E-state index contributed by atoms with van der Waals surface area (Å²) < 4.78 is 11.1. The van der Waals surface area contributed by atoms with Crippen LogP contribution < -0.4 is 10.6 Å². The molecule has 2 rings (SSSR count). The van der Waals surface area contributed by atoms with Gasteiger partial charge in [-0.15, -0.1) is 0 Å². The average molecular weight is 355 g/mol. The minimum absolute atomic E-state index is 0.296. The van der Waals surface area contributed by atoms with Crippen molar-refractivity contribution in [1.29, 1.82) is 0 Å². The maximum absolute atomic E-state index is 5.78. The Morgan fingerprint density at radius 3 is 2.72 bits per heavy atom. The molecule has 3 atom stereocenters. The van der Waals surface area contributed by atoms with Gasteiger partial charge in [-0.3, -0.25) is 4.99 Å². The van der Waals surface area contributed by atoms with Gasteiger partial charge in [0.1, 0.15) is 0 Å². The highest BCUT2D eigenvalue weighted by Gasteiger charge is 2.21. The minimum Gasteiger partial charge on any atom is -0.379 e. The van der Waals surface area contributed by atoms with E-state index in [-0.39, 0.29) is 0 Å². The molecule has 2 heterocycles. The highest BCUT2D eigenvalue weighted by atomic mass is 16.5. The molecule has 0 aromatic heterocycles. The lowest BCUT2D eigenvalue weighted by atomic mass is 9.92. The van der Waals surface area contributed by atoms with Crippen LogP contribution in [-0.4, -0.2) is 76.1 Å². The molecule has 2 aliphatic heterocycles. The molecule has 0 aliphatic carbocycles. The number of ether oxygens (including phenoxy) is 2. The van der Waals surface area contributed by atoms with Gasteiger partial charge in [-0.2, -0.15) is 0 Å². The van der Waals surface area contributed by atoms with Crippen molar-refractivity contribution >= 4 is 5.96 Å². The lowest BCUT2D eigenvalue weighted by molar-refractivity contribution is 0.0424. The van der Waals surface area contributed by atoms with Gasteiger partial charge in [0.05, 0.1) is 12.7 Å². The predicted octanol–water partition coefficient (Wildman–Crippen LogP) is 1.72. The average Bonchev–Trinajstić information content (AvgIpc) is 3.07. The molecule has 0 aromatic carbocycles. The molecule has 146 valence electrons. The number of rotatable bonds is 9. The van der Waals surface area contributed by atoms with Crippen molar-refractivity contribution in [2.24, 2.45) is 16.8 Å². The summed E-state index contributed by atoms with van der Waals surface area (Å²) in [5.41, 5.74) is 0. The van der Waals surface area contributed by atoms with Crippen LogP contribution in [0.4, 0.5) is 0 Å². The van der Waals surface area contributed by atoms with Gasteiger partial charge < -0.3 is 25.0 Å². The second-order valence-electron chi connectivity index (χ2n) is 7.60. The zero-order valence-electron chi connectivity index (χ0n) is 16.4. The molecular weight excluding hydrogens is 316 g/mol. The largest absolute Gasteiger partial charge is 0.379 e. The lowest BCUT2D eigenvalue weighted by Gasteiger charge is -2.35. The van der Waals surface area contributed by atoms with Gasteiger partial charge >= 0.3 is 0 Å². The summed E-state index contributed by atoms with van der Waals surface area (Å²) in [6.07, 6.45) is 3.64. The van der Waals surface area contributed by atoms with E-state index in [2.05, 4.69) is 41.3 Å². The van der Waals surface area contributed by atoms with Crippen LogP contribution in [0.3, 0.4) is 0 Å². The zero-order chi connectivity index (χ0) is 17.9. The van der Waals surface area contributed by atoms with Crippen molar-refractivity contribution in [2.45, 2.75) is 46.1 Å². The van der Waals surface area contributed by atoms with Gasteiger partial charge in [-0.25, -0.2) is 0 Å². The number of nitrogens with zero attached hydrogens (tertiary/aromatic N) is 2. The number of guanidine groups is 1. The van der Waals surface area contributed by atoms with Crippen LogP contribution in [0, 0.1) is 11.8 Å². The number of hydrogen-bond donors (Lipinski definition) is 2. The molecule has 0 aromatic rings. The van der Waals surface area contributed by atoms with Crippen LogP contribution in [0.25, 0.3) is 0 Å². The third-order valence-electron chi connectivity index (χ3n) is 4.82. The van der Waals surface area contributed by atoms with Crippen molar-refractivity contribution in [1.82, 2.24) is 15.5 Å². The molecule has 0 saturated carbocycles. The highest BCUT2D eigenvalue weighted by Crippen LogP contribution is 2.20. The summed E-state index contributed by atoms with van der Waals surface area (Å²) in [6, 6.07) is 0. The fourth-order valence-corrected chi connectivity index (χ4v) is 3.80. The first-order chi connectivity index (χ1) is 12.2. The maximum atomic E-state index is 5.78. The summed E-state index contributed by atoms with van der Waals surface area (Å²) in [5.74, 6) is 2.55. The first-order valence-corrected chi connectivity index (χ1v) is 10.1. The first-order valence-electron chi connectivity index (χ1n) is 10.1. The first kappa shape index (κ1) is 20.5. The van der Waals surface area contributed by atoms with Crippen LogP contribution in [0.1, 0.15) is 40.0 Å². The van der Waals surface area contributed by atoms with E-state index in [0.717, 1.165) is 76.6 Å². The zero-order valence-corrected chi connectivity index (χ0v) is 16.4. The van der Waals surface area contributed by atoms with E-state index in [1.807, 2.05) is 0 Å². The molecule has 2 saturated heterocycles. The summed E-state index contributed by atoms with van der Waals surface area (Å²) >= 11 is 0. The molecule has 0 radical (unpaired) electrons. The number of aliphatic imine (C=N–C) groups is 1. The maximum Gasteiger partial charge on any atom is 0.191 e. The SMILES string of the molecule is CCNC(=NCCCOC1CCOC1)NCCN1CC(C)CC(C)C1. The molecular formula is C19H38N4O2. The van der Waals surface area contributed by atoms with E-state index >= 15 is 0 Å². The quantitative estimate of drug-likeness (QED) is 0.375. The van der Waals surface area contributed by atoms with Gasteiger partial charge in [-0.1, -0.05) is 13.8 Å². The van der Waals surface area contributed by atoms with E-state index in [1.54, 1.807) is 0 Å². The summed E-state index contributed by atoms with van der Waals surface area (Å²) in [7, 11) is 0. The number of nitrogens with one attached hydrogen (secondary N) is 2. The fraction of sp³-hybridized carbons (Fsp3) is 0.947. The van der Waals surface area contributed by atoms with E-state index in [4.69, 9.17) is 9.47 Å². The van der Waals surface area contributed by atoms with Crippen molar-refractivity contribution in [2.75, 3.05) is 59.1 Å². The van der Waals surface area contributed by atoms with Crippen molar-refractivity contribution < 1.29 is 9.47 Å². The Balaban J connectivity index is 1.59. The Bertz CT molecular complexity index is 376. The van der Waals surface area contributed by atoms with Crippen LogP contribution >= 0.6 is 0 Å². The standard InChI is InChI=1S/C19H38N4O2/c1-4-20-19(21-7-5-10-25-18-6-11-24-15-18)22-8-9-23-13-16(2)12-17(3)14-23/h16-18H,4-15H2,1-3H3,(H2,20,21,22). The molecule has 2 N–H and O–H groups in total. The summed E-state index contributed by atoms with van der Waals surface area (Å²) in [4.78, 5) is 7.23. The molecule has 2 fully saturated rings. The topological polar surface area (TPSA) is 58.1 Å². The van der Waals surface area contributed by atoms with Crippen LogP contribution in [0.5, 0.6) is 0 Å². The third-order valence-corrected chi connectivity index (χ3v) is 4.82. The number of hydrogen-bond acceptors (Lipinski definition) is 4. The van der Waals surface area contributed by atoms with Gasteiger partial charge in [0, 0.05) is 52.5 Å². The summed E-state index contributed by atoms with van der Waals surface area (Å²) in [5, 5.41) is 6.80. The smallest absolute Gasteiger partial charge is 0.191 e. The Kier molecular flexibility index (Phi) is 9.58. The van der Waals surface area contributed by atoms with Gasteiger partial charge in [-0.05, 0) is 38.0 Å². The van der Waals surface area contributed by atoms with Crippen LogP contribution in [0.15, 0.2) is 4.99 Å². The van der Waals surface area contributed by atoms with Crippen molar-refractivity contribution in [3.63, 3.8) is 0 Å². The van der Waals surface area contributed by atoms with Crippen LogP contribution in [-0.2, 0) is 9.47 Å². The van der Waals surface area contributed by atoms with Crippen molar-refractivity contribution in [3.8, 4) is 0 Å². The molecule has 6 nitrogen and oxygen atoms in total. The molecule has 25 heavy (non-hydrogen) atoms. The summed E-state index contributed by atoms with van der Waals surface area (Å²) in [6.45, 7) is 15.3. The Hall–Kier alpha value is -0.850. The van der Waals surface area contributed by atoms with Gasteiger partial charge in [0.2, 0.25) is 0 Å². The van der Waals surface area contributed by atoms with Crippen molar-refractivity contribution in [3.05, 3.63) is 0 Å². The van der Waals surface area contributed by atoms with E-state index in [0.29, 0.717) is 6.10 Å². The monoisotopic (exact) mass is 354 g/mol. The Morgan fingerprint density at radius 2 is 2.04 bits per heavy atom. The predicted molar refractivity (Wildman–Crippen MR) is 103 cm³/mol. The second kappa shape index (κ2) is 11.7.